The van der Waals surface area contributed by atoms with Crippen molar-refractivity contribution in [2.45, 2.75) is 90.1 Å². The number of carbonyl (C=O) groups excluding carboxylic acids is 2. The summed E-state index contributed by atoms with van der Waals surface area (Å²) in [4.78, 5) is 23.5. The summed E-state index contributed by atoms with van der Waals surface area (Å²) in [7, 11) is 0. The number of unbranched alkanes of at least 4 members (excludes halogenated alkanes) is 6. The van der Waals surface area contributed by atoms with Gasteiger partial charge in [-0.1, -0.05) is 51.7 Å². The zero-order chi connectivity index (χ0) is 17.6. The van der Waals surface area contributed by atoms with Gasteiger partial charge in [-0.2, -0.15) is 0 Å². The molecule has 0 aromatic carbocycles. The van der Waals surface area contributed by atoms with Crippen molar-refractivity contribution < 1.29 is 9.59 Å². The molecule has 1 aliphatic rings. The first kappa shape index (κ1) is 20.5. The van der Waals surface area contributed by atoms with Gasteiger partial charge in [0.05, 0.1) is 0 Å². The van der Waals surface area contributed by atoms with Crippen LogP contribution in [-0.2, 0) is 9.59 Å². The number of allylic oxidation sites excluding steroid dienone is 2. The summed E-state index contributed by atoms with van der Waals surface area (Å²) in [5.41, 5.74) is 0. The summed E-state index contributed by atoms with van der Waals surface area (Å²) in [6.45, 7) is 4.34. The number of nitrogens with one attached hydrogen (secondary N) is 2. The maximum atomic E-state index is 11.7. The van der Waals surface area contributed by atoms with Crippen LogP contribution in [0.3, 0.4) is 0 Å². The van der Waals surface area contributed by atoms with Gasteiger partial charge in [0.25, 0.3) is 0 Å². The lowest BCUT2D eigenvalue weighted by Gasteiger charge is -2.35. The molecule has 4 heteroatoms. The smallest absolute Gasteiger partial charge is 0.243 e. The lowest BCUT2D eigenvalue weighted by atomic mass is 9.86. The third kappa shape index (κ3) is 9.53. The van der Waals surface area contributed by atoms with Crippen LogP contribution >= 0.6 is 0 Å². The number of rotatable bonds is 12. The van der Waals surface area contributed by atoms with Gasteiger partial charge >= 0.3 is 0 Å². The highest BCUT2D eigenvalue weighted by Gasteiger charge is 2.30. The van der Waals surface area contributed by atoms with E-state index in [-0.39, 0.29) is 23.9 Å². The van der Waals surface area contributed by atoms with Crippen LogP contribution in [0.4, 0.5) is 0 Å². The number of carbonyl (C=O) groups is 2. The van der Waals surface area contributed by atoms with Crippen molar-refractivity contribution in [1.82, 2.24) is 10.6 Å². The topological polar surface area (TPSA) is 58.2 Å². The molecular weight excluding hydrogens is 300 g/mol. The van der Waals surface area contributed by atoms with Crippen molar-refractivity contribution in [3.05, 3.63) is 24.3 Å². The highest BCUT2D eigenvalue weighted by molar-refractivity contribution is 5.88. The molecule has 2 N–H and O–H groups in total. The van der Waals surface area contributed by atoms with Gasteiger partial charge in [-0.05, 0) is 50.7 Å². The third-order valence-corrected chi connectivity index (χ3v) is 4.32. The first-order valence-electron chi connectivity index (χ1n) is 9.59. The maximum absolute atomic E-state index is 11.7. The molecule has 0 heterocycles. The molecule has 0 aliphatic heterocycles. The molecule has 24 heavy (non-hydrogen) atoms. The quantitative estimate of drug-likeness (QED) is 0.418. The fourth-order valence-corrected chi connectivity index (χ4v) is 2.76. The van der Waals surface area contributed by atoms with Crippen molar-refractivity contribution in [3.8, 4) is 0 Å². The number of hydrogen-bond acceptors (Lipinski definition) is 2. The molecule has 0 atom stereocenters. The van der Waals surface area contributed by atoms with E-state index >= 15 is 0 Å². The molecule has 0 aromatic rings. The molecule has 0 bridgehead atoms. The Morgan fingerprint density at radius 2 is 1.21 bits per heavy atom. The van der Waals surface area contributed by atoms with E-state index in [1.165, 1.54) is 25.7 Å². The Morgan fingerprint density at radius 1 is 0.792 bits per heavy atom. The van der Waals surface area contributed by atoms with Crippen LogP contribution in [0.25, 0.3) is 0 Å². The molecule has 0 saturated heterocycles. The monoisotopic (exact) mass is 334 g/mol. The highest BCUT2D eigenvalue weighted by Crippen LogP contribution is 2.19. The van der Waals surface area contributed by atoms with Crippen molar-refractivity contribution in [2.24, 2.45) is 0 Å². The van der Waals surface area contributed by atoms with Crippen LogP contribution in [0.1, 0.15) is 78.1 Å². The summed E-state index contributed by atoms with van der Waals surface area (Å²) in [5, 5.41) is 5.96. The third-order valence-electron chi connectivity index (χ3n) is 4.32. The Kier molecular flexibility index (Phi) is 10.9. The highest BCUT2D eigenvalue weighted by atomic mass is 16.2. The molecule has 1 fully saturated rings. The van der Waals surface area contributed by atoms with E-state index in [0.29, 0.717) is 0 Å². The lowest BCUT2D eigenvalue weighted by molar-refractivity contribution is -0.118. The Hall–Kier alpha value is -1.58. The zero-order valence-corrected chi connectivity index (χ0v) is 15.4. The van der Waals surface area contributed by atoms with E-state index in [9.17, 15) is 9.59 Å². The summed E-state index contributed by atoms with van der Waals surface area (Å²) >= 11 is 0. The van der Waals surface area contributed by atoms with Gasteiger partial charge in [0, 0.05) is 12.1 Å². The molecule has 1 rings (SSSR count). The Balaban J connectivity index is 2.07. The molecule has 2 amide bonds. The average molecular weight is 335 g/mol. The molecule has 1 saturated carbocycles. The molecule has 0 spiro atoms. The standard InChI is InChI=1S/C20H34N2O2/c1-3-5-7-9-11-13-19(23)21-17-15-18(16-17)22-20(24)14-12-10-8-6-4-2/h11-14,17-18H,3-10,15-16H2,1-2H3,(H,21,23)(H,22,24). The summed E-state index contributed by atoms with van der Waals surface area (Å²) in [6, 6.07) is 0.383. The van der Waals surface area contributed by atoms with Crippen LogP contribution in [0.15, 0.2) is 24.3 Å². The second kappa shape index (κ2) is 12.8. The summed E-state index contributed by atoms with van der Waals surface area (Å²) < 4.78 is 0. The minimum Gasteiger partial charge on any atom is -0.350 e. The zero-order valence-electron chi connectivity index (χ0n) is 15.4. The Labute approximate surface area is 147 Å². The largest absolute Gasteiger partial charge is 0.350 e. The molecule has 0 radical (unpaired) electrons. The number of amides is 2. The molecule has 4 nitrogen and oxygen atoms in total. The molecule has 1 aliphatic carbocycles. The Bertz CT molecular complexity index is 385. The van der Waals surface area contributed by atoms with Crippen LogP contribution in [0, 0.1) is 0 Å². The van der Waals surface area contributed by atoms with Gasteiger partial charge in [0.2, 0.25) is 11.8 Å². The predicted octanol–water partition coefficient (Wildman–Crippen LogP) is 4.02. The lowest BCUT2D eigenvalue weighted by Crippen LogP contribution is -2.53. The second-order valence-electron chi connectivity index (χ2n) is 6.68. The molecule has 136 valence electrons. The van der Waals surface area contributed by atoms with Crippen LogP contribution in [0.2, 0.25) is 0 Å². The first-order valence-corrected chi connectivity index (χ1v) is 9.59. The van der Waals surface area contributed by atoms with Crippen LogP contribution in [-0.4, -0.2) is 23.9 Å². The van der Waals surface area contributed by atoms with Gasteiger partial charge in [0.15, 0.2) is 0 Å². The van der Waals surface area contributed by atoms with E-state index < -0.39 is 0 Å². The maximum Gasteiger partial charge on any atom is 0.243 e. The van der Waals surface area contributed by atoms with E-state index in [1.807, 2.05) is 12.2 Å². The fraction of sp³-hybridized carbons (Fsp3) is 0.700. The number of hydrogen-bond donors (Lipinski definition) is 2. The Morgan fingerprint density at radius 3 is 1.58 bits per heavy atom. The SMILES string of the molecule is CCCCCC=CC(=O)NC1CC(NC(=O)C=CCCCCC)C1. The van der Waals surface area contributed by atoms with Gasteiger partial charge in [-0.25, -0.2) is 0 Å². The van der Waals surface area contributed by atoms with Crippen LogP contribution < -0.4 is 10.6 Å². The van der Waals surface area contributed by atoms with E-state index in [1.54, 1.807) is 12.2 Å². The minimum atomic E-state index is -0.0166. The minimum absolute atomic E-state index is 0.0166. The van der Waals surface area contributed by atoms with E-state index in [0.717, 1.165) is 38.5 Å². The van der Waals surface area contributed by atoms with Crippen molar-refractivity contribution in [2.75, 3.05) is 0 Å². The molecule has 0 unspecified atom stereocenters. The van der Waals surface area contributed by atoms with Crippen molar-refractivity contribution >= 4 is 11.8 Å². The van der Waals surface area contributed by atoms with Crippen molar-refractivity contribution in [3.63, 3.8) is 0 Å². The first-order chi connectivity index (χ1) is 11.7. The summed E-state index contributed by atoms with van der Waals surface area (Å²) in [6.07, 6.45) is 17.9. The van der Waals surface area contributed by atoms with Gasteiger partial charge in [0.1, 0.15) is 0 Å². The fourth-order valence-electron chi connectivity index (χ4n) is 2.76. The molecule has 0 aromatic heterocycles. The summed E-state index contributed by atoms with van der Waals surface area (Å²) in [5.74, 6) is -0.0332. The van der Waals surface area contributed by atoms with E-state index in [4.69, 9.17) is 0 Å². The second-order valence-corrected chi connectivity index (χ2v) is 6.68. The average Bonchev–Trinajstić information content (AvgIpc) is 2.52. The van der Waals surface area contributed by atoms with E-state index in [2.05, 4.69) is 24.5 Å². The van der Waals surface area contributed by atoms with Gasteiger partial charge in [-0.3, -0.25) is 9.59 Å². The van der Waals surface area contributed by atoms with Crippen molar-refractivity contribution in [1.29, 1.82) is 0 Å². The molecular formula is C20H34N2O2. The van der Waals surface area contributed by atoms with Crippen LogP contribution in [0.5, 0.6) is 0 Å². The predicted molar refractivity (Wildman–Crippen MR) is 99.7 cm³/mol. The van der Waals surface area contributed by atoms with Gasteiger partial charge in [-0.15, -0.1) is 0 Å². The van der Waals surface area contributed by atoms with Gasteiger partial charge < -0.3 is 10.6 Å². The normalized spacial score (nSPS) is 20.2.